The van der Waals surface area contributed by atoms with Gasteiger partial charge >= 0.3 is 0 Å². The van der Waals surface area contributed by atoms with Gasteiger partial charge in [0.25, 0.3) is 0 Å². The number of aromatic nitrogens is 1. The summed E-state index contributed by atoms with van der Waals surface area (Å²) < 4.78 is 35.1. The summed E-state index contributed by atoms with van der Waals surface area (Å²) >= 11 is 13.2. The van der Waals surface area contributed by atoms with Crippen LogP contribution in [-0.2, 0) is 27.8 Å². The molecule has 0 spiro atoms. The SMILES string of the molecule is Cc1cc(C)c2cccc(OCc3c(Cl)ccc(S(=O)(=O)N4CCCC4C(=O)NCCCc4ccc(C(=N)N)cc4)c3Cl)c2n1. The van der Waals surface area contributed by atoms with Gasteiger partial charge in [0.1, 0.15) is 34.6 Å². The van der Waals surface area contributed by atoms with E-state index in [1.54, 1.807) is 18.2 Å². The van der Waals surface area contributed by atoms with Crippen LogP contribution in [0.4, 0.5) is 0 Å². The Kier molecular flexibility index (Phi) is 9.98. The minimum absolute atomic E-state index is 0.0120. The number of halogens is 2. The molecule has 45 heavy (non-hydrogen) atoms. The van der Waals surface area contributed by atoms with E-state index in [0.717, 1.165) is 22.2 Å². The number of nitrogens with zero attached hydrogens (tertiary/aromatic N) is 2. The third-order valence-corrected chi connectivity index (χ3v) is 10.8. The van der Waals surface area contributed by atoms with Gasteiger partial charge in [-0.1, -0.05) is 59.6 Å². The lowest BCUT2D eigenvalue weighted by Crippen LogP contribution is -2.46. The smallest absolute Gasteiger partial charge is 0.245 e. The molecule has 0 saturated carbocycles. The number of fused-ring (bicyclic) bond motifs is 1. The van der Waals surface area contributed by atoms with E-state index in [0.29, 0.717) is 54.6 Å². The maximum absolute atomic E-state index is 13.9. The summed E-state index contributed by atoms with van der Waals surface area (Å²) in [5, 5.41) is 11.6. The maximum atomic E-state index is 13.9. The number of carbonyl (C=O) groups is 1. The number of amidine groups is 1. The van der Waals surface area contributed by atoms with E-state index in [1.165, 1.54) is 16.4 Å². The summed E-state index contributed by atoms with van der Waals surface area (Å²) in [5.74, 6) is 0.202. The summed E-state index contributed by atoms with van der Waals surface area (Å²) in [6.07, 6.45) is 2.34. The second-order valence-corrected chi connectivity index (χ2v) is 13.8. The molecule has 0 radical (unpaired) electrons. The standard InChI is InChI=1S/C33H35Cl2N5O4S/c1-20-18-21(2)39-31-24(20)7-3-9-28(31)44-19-25-26(34)14-15-29(30(25)35)45(42,43)40-17-5-8-27(40)33(41)38-16-4-6-22-10-12-23(13-11-22)32(36)37/h3,7,9-15,18,27H,4-6,8,16-17,19H2,1-2H3,(H3,36,37)(H,38,41). The highest BCUT2D eigenvalue weighted by Crippen LogP contribution is 2.36. The molecule has 12 heteroatoms. The first-order chi connectivity index (χ1) is 21.5. The van der Waals surface area contributed by atoms with E-state index in [-0.39, 0.29) is 39.8 Å². The van der Waals surface area contributed by atoms with Gasteiger partial charge < -0.3 is 15.8 Å². The van der Waals surface area contributed by atoms with Crippen LogP contribution in [0.25, 0.3) is 10.9 Å². The molecule has 1 fully saturated rings. The van der Waals surface area contributed by atoms with Crippen molar-refractivity contribution < 1.29 is 17.9 Å². The van der Waals surface area contributed by atoms with Gasteiger partial charge in [0.05, 0.1) is 5.02 Å². The van der Waals surface area contributed by atoms with Crippen LogP contribution in [0.3, 0.4) is 0 Å². The number of nitrogens with two attached hydrogens (primary N) is 1. The average Bonchev–Trinajstić information content (AvgIpc) is 3.51. The lowest BCUT2D eigenvalue weighted by Gasteiger charge is -2.24. The zero-order valence-corrected chi connectivity index (χ0v) is 27.4. The number of nitrogens with one attached hydrogen (secondary N) is 2. The molecule has 0 aliphatic carbocycles. The number of aryl methyl sites for hydroxylation is 3. The van der Waals surface area contributed by atoms with E-state index in [1.807, 2.05) is 44.2 Å². The number of benzene rings is 3. The predicted molar refractivity (Wildman–Crippen MR) is 178 cm³/mol. The zero-order valence-electron chi connectivity index (χ0n) is 25.1. The molecule has 0 bridgehead atoms. The van der Waals surface area contributed by atoms with Crippen LogP contribution in [0.2, 0.25) is 10.0 Å². The Morgan fingerprint density at radius 2 is 1.89 bits per heavy atom. The molecular formula is C33H35Cl2N5O4S. The summed E-state index contributed by atoms with van der Waals surface area (Å²) in [4.78, 5) is 17.7. The van der Waals surface area contributed by atoms with Crippen molar-refractivity contribution in [1.82, 2.24) is 14.6 Å². The molecule has 1 atom stereocenters. The number of pyridine rings is 1. The first kappa shape index (κ1) is 32.7. The number of ether oxygens (including phenoxy) is 1. The van der Waals surface area contributed by atoms with E-state index in [2.05, 4.69) is 10.3 Å². The van der Waals surface area contributed by atoms with Gasteiger partial charge in [-0.2, -0.15) is 4.31 Å². The maximum Gasteiger partial charge on any atom is 0.245 e. The van der Waals surface area contributed by atoms with Crippen molar-refractivity contribution in [2.45, 2.75) is 57.1 Å². The van der Waals surface area contributed by atoms with Crippen molar-refractivity contribution in [2.24, 2.45) is 5.73 Å². The van der Waals surface area contributed by atoms with E-state index < -0.39 is 16.1 Å². The number of sulfonamides is 1. The molecule has 236 valence electrons. The van der Waals surface area contributed by atoms with Crippen LogP contribution < -0.4 is 15.8 Å². The highest BCUT2D eigenvalue weighted by atomic mass is 35.5. The van der Waals surface area contributed by atoms with Crippen LogP contribution in [0.15, 0.2) is 65.6 Å². The van der Waals surface area contributed by atoms with Crippen molar-refractivity contribution in [1.29, 1.82) is 5.41 Å². The fourth-order valence-electron chi connectivity index (χ4n) is 5.62. The van der Waals surface area contributed by atoms with E-state index >= 15 is 0 Å². The lowest BCUT2D eigenvalue weighted by atomic mass is 10.1. The van der Waals surface area contributed by atoms with Gasteiger partial charge in [-0.25, -0.2) is 13.4 Å². The van der Waals surface area contributed by atoms with Crippen molar-refractivity contribution in [3.05, 3.63) is 98.7 Å². The Hall–Kier alpha value is -3.70. The Morgan fingerprint density at radius 3 is 2.62 bits per heavy atom. The molecule has 1 aliphatic rings. The highest BCUT2D eigenvalue weighted by Gasteiger charge is 2.40. The highest BCUT2D eigenvalue weighted by molar-refractivity contribution is 7.89. The minimum Gasteiger partial charge on any atom is -0.487 e. The normalized spacial score (nSPS) is 15.3. The molecule has 3 aromatic carbocycles. The second kappa shape index (κ2) is 13.7. The molecule has 4 N–H and O–H groups in total. The fourth-order valence-corrected chi connectivity index (χ4v) is 8.14. The molecule has 2 heterocycles. The van der Waals surface area contributed by atoms with Gasteiger partial charge in [0.2, 0.25) is 15.9 Å². The Morgan fingerprint density at radius 1 is 1.13 bits per heavy atom. The molecular weight excluding hydrogens is 633 g/mol. The van der Waals surface area contributed by atoms with Crippen molar-refractivity contribution >= 4 is 55.9 Å². The monoisotopic (exact) mass is 667 g/mol. The Balaban J connectivity index is 1.27. The first-order valence-electron chi connectivity index (χ1n) is 14.7. The number of hydrogen-bond donors (Lipinski definition) is 3. The van der Waals surface area contributed by atoms with Crippen LogP contribution in [0.1, 0.15) is 47.2 Å². The number of rotatable bonds is 11. The molecule has 9 nitrogen and oxygen atoms in total. The molecule has 1 aliphatic heterocycles. The molecule has 4 aromatic rings. The quantitative estimate of drug-likeness (QED) is 0.103. The number of amides is 1. The molecule has 1 saturated heterocycles. The summed E-state index contributed by atoms with van der Waals surface area (Å²) in [7, 11) is -4.13. The first-order valence-corrected chi connectivity index (χ1v) is 16.9. The molecule has 1 unspecified atom stereocenters. The molecule has 5 rings (SSSR count). The van der Waals surface area contributed by atoms with Gasteiger partial charge in [-0.15, -0.1) is 0 Å². The largest absolute Gasteiger partial charge is 0.487 e. The zero-order chi connectivity index (χ0) is 32.3. The number of nitrogen functional groups attached to an aromatic ring is 1. The topological polar surface area (TPSA) is 138 Å². The average molecular weight is 669 g/mol. The Bertz CT molecular complexity index is 1870. The predicted octanol–water partition coefficient (Wildman–Crippen LogP) is 5.92. The van der Waals surface area contributed by atoms with Crippen LogP contribution in [0.5, 0.6) is 5.75 Å². The summed E-state index contributed by atoms with van der Waals surface area (Å²) in [6, 6.07) is 17.0. The lowest BCUT2D eigenvalue weighted by molar-refractivity contribution is -0.124. The molecule has 1 aromatic heterocycles. The third-order valence-electron chi connectivity index (χ3n) is 7.96. The molecule has 1 amide bonds. The van der Waals surface area contributed by atoms with Crippen molar-refractivity contribution in [3.8, 4) is 5.75 Å². The second-order valence-electron chi connectivity index (χ2n) is 11.1. The minimum atomic E-state index is -4.13. The fraction of sp³-hybridized carbons (Fsp3) is 0.303. The van der Waals surface area contributed by atoms with Crippen molar-refractivity contribution in [2.75, 3.05) is 13.1 Å². The van der Waals surface area contributed by atoms with Gasteiger partial charge in [-0.3, -0.25) is 10.2 Å². The van der Waals surface area contributed by atoms with Gasteiger partial charge in [0.15, 0.2) is 0 Å². The van der Waals surface area contributed by atoms with Crippen LogP contribution >= 0.6 is 23.2 Å². The number of carbonyl (C=O) groups excluding carboxylic acids is 1. The van der Waals surface area contributed by atoms with Crippen LogP contribution in [-0.4, -0.2) is 48.6 Å². The number of hydrogen-bond acceptors (Lipinski definition) is 6. The van der Waals surface area contributed by atoms with E-state index in [4.69, 9.17) is 39.1 Å². The van der Waals surface area contributed by atoms with Gasteiger partial charge in [-0.05, 0) is 74.9 Å². The van der Waals surface area contributed by atoms with Crippen LogP contribution in [0, 0.1) is 19.3 Å². The van der Waals surface area contributed by atoms with Crippen molar-refractivity contribution in [3.63, 3.8) is 0 Å². The van der Waals surface area contributed by atoms with Gasteiger partial charge in [0, 0.05) is 40.3 Å². The van der Waals surface area contributed by atoms with E-state index in [9.17, 15) is 13.2 Å². The third kappa shape index (κ3) is 7.09. The number of para-hydroxylation sites is 1. The Labute approximate surface area is 273 Å². The summed E-state index contributed by atoms with van der Waals surface area (Å²) in [6.45, 7) is 4.44. The summed E-state index contributed by atoms with van der Waals surface area (Å²) in [5.41, 5.74) is 10.2.